The van der Waals surface area contributed by atoms with Crippen LogP contribution in [0.4, 0.5) is 0 Å². The van der Waals surface area contributed by atoms with Gasteiger partial charge in [-0.05, 0) is 25.0 Å². The first-order chi connectivity index (χ1) is 8.24. The van der Waals surface area contributed by atoms with Crippen LogP contribution in [0.15, 0.2) is 24.5 Å². The highest BCUT2D eigenvalue weighted by Crippen LogP contribution is 2.08. The molecule has 1 aromatic heterocycles. The van der Waals surface area contributed by atoms with E-state index in [9.17, 15) is 4.79 Å². The largest absolute Gasteiger partial charge is 0.355 e. The molecule has 0 saturated carbocycles. The van der Waals surface area contributed by atoms with Gasteiger partial charge in [-0.25, -0.2) is 0 Å². The lowest BCUT2D eigenvalue weighted by Gasteiger charge is -2.13. The Morgan fingerprint density at radius 3 is 3.00 bits per heavy atom. The van der Waals surface area contributed by atoms with Gasteiger partial charge in [0, 0.05) is 25.0 Å². The van der Waals surface area contributed by atoms with Gasteiger partial charge < -0.3 is 10.6 Å². The lowest BCUT2D eigenvalue weighted by Crippen LogP contribution is -2.35. The van der Waals surface area contributed by atoms with Crippen molar-refractivity contribution in [3.63, 3.8) is 0 Å². The average Bonchev–Trinajstić information content (AvgIpc) is 2.37. The van der Waals surface area contributed by atoms with Crippen LogP contribution >= 0.6 is 0 Å². The van der Waals surface area contributed by atoms with Gasteiger partial charge in [0.15, 0.2) is 0 Å². The summed E-state index contributed by atoms with van der Waals surface area (Å²) < 4.78 is 0. The van der Waals surface area contributed by atoms with Crippen molar-refractivity contribution in [1.82, 2.24) is 15.6 Å². The molecular formula is C13H21N3O. The van der Waals surface area contributed by atoms with E-state index >= 15 is 0 Å². The molecule has 17 heavy (non-hydrogen) atoms. The van der Waals surface area contributed by atoms with Crippen molar-refractivity contribution in [2.24, 2.45) is 0 Å². The van der Waals surface area contributed by atoms with Crippen LogP contribution < -0.4 is 10.6 Å². The number of pyridine rings is 1. The van der Waals surface area contributed by atoms with Crippen molar-refractivity contribution in [3.8, 4) is 0 Å². The van der Waals surface area contributed by atoms with Gasteiger partial charge in [0.05, 0.1) is 6.54 Å². The summed E-state index contributed by atoms with van der Waals surface area (Å²) in [4.78, 5) is 15.5. The zero-order chi connectivity index (χ0) is 12.5. The Labute approximate surface area is 103 Å². The summed E-state index contributed by atoms with van der Waals surface area (Å²) in [5.41, 5.74) is 1.09. The monoisotopic (exact) mass is 235 g/mol. The summed E-state index contributed by atoms with van der Waals surface area (Å²) in [6.07, 6.45) is 5.68. The van der Waals surface area contributed by atoms with Crippen LogP contribution in [-0.4, -0.2) is 24.0 Å². The summed E-state index contributed by atoms with van der Waals surface area (Å²) in [6, 6.07) is 4.04. The third-order valence-electron chi connectivity index (χ3n) is 2.61. The van der Waals surface area contributed by atoms with Crippen molar-refractivity contribution in [2.45, 2.75) is 32.7 Å². The fourth-order valence-corrected chi connectivity index (χ4v) is 1.46. The van der Waals surface area contributed by atoms with Gasteiger partial charge in [-0.15, -0.1) is 0 Å². The zero-order valence-electron chi connectivity index (χ0n) is 10.6. The second-order valence-electron chi connectivity index (χ2n) is 4.09. The molecule has 0 aromatic carbocycles. The third-order valence-corrected chi connectivity index (χ3v) is 2.61. The van der Waals surface area contributed by atoms with Gasteiger partial charge in [-0.3, -0.25) is 9.78 Å². The summed E-state index contributed by atoms with van der Waals surface area (Å²) in [5, 5.41) is 6.05. The number of unbranched alkanes of at least 4 members (excludes halogenated alkanes) is 1. The molecule has 1 aromatic rings. The molecule has 0 aliphatic carbocycles. The van der Waals surface area contributed by atoms with Crippen molar-refractivity contribution < 1.29 is 4.79 Å². The molecular weight excluding hydrogens is 214 g/mol. The Bertz CT molecular complexity index is 327. The molecule has 0 radical (unpaired) electrons. The van der Waals surface area contributed by atoms with Crippen molar-refractivity contribution in [2.75, 3.05) is 13.1 Å². The molecule has 0 aliphatic rings. The van der Waals surface area contributed by atoms with Gasteiger partial charge in [0.2, 0.25) is 5.91 Å². The molecule has 1 amide bonds. The van der Waals surface area contributed by atoms with Crippen molar-refractivity contribution in [1.29, 1.82) is 0 Å². The van der Waals surface area contributed by atoms with E-state index in [0.29, 0.717) is 6.54 Å². The molecule has 0 aliphatic heterocycles. The second-order valence-corrected chi connectivity index (χ2v) is 4.09. The maximum atomic E-state index is 11.5. The fraction of sp³-hybridized carbons (Fsp3) is 0.538. The molecule has 1 atom stereocenters. The second kappa shape index (κ2) is 7.79. The maximum absolute atomic E-state index is 11.5. The standard InChI is InChI=1S/C13H21N3O/c1-3-4-8-15-13(17)10-16-11(2)12-6-5-7-14-9-12/h5-7,9,11,16H,3-4,8,10H2,1-2H3,(H,15,17). The molecule has 0 spiro atoms. The van der Waals surface area contributed by atoms with E-state index in [4.69, 9.17) is 0 Å². The normalized spacial score (nSPS) is 12.1. The first-order valence-corrected chi connectivity index (χ1v) is 6.14. The van der Waals surface area contributed by atoms with E-state index in [2.05, 4.69) is 22.5 Å². The highest BCUT2D eigenvalue weighted by molar-refractivity contribution is 5.77. The minimum Gasteiger partial charge on any atom is -0.355 e. The van der Waals surface area contributed by atoms with Gasteiger partial charge >= 0.3 is 0 Å². The number of hydrogen-bond acceptors (Lipinski definition) is 3. The summed E-state index contributed by atoms with van der Waals surface area (Å²) in [6.45, 7) is 5.24. The number of nitrogens with zero attached hydrogens (tertiary/aromatic N) is 1. The smallest absolute Gasteiger partial charge is 0.233 e. The predicted molar refractivity (Wildman–Crippen MR) is 68.6 cm³/mol. The minimum absolute atomic E-state index is 0.0502. The Morgan fingerprint density at radius 1 is 1.53 bits per heavy atom. The SMILES string of the molecule is CCCCNC(=O)CNC(C)c1cccnc1. The van der Waals surface area contributed by atoms with Crippen LogP contribution in [0.5, 0.6) is 0 Å². The molecule has 0 bridgehead atoms. The maximum Gasteiger partial charge on any atom is 0.233 e. The van der Waals surface area contributed by atoms with Crippen LogP contribution in [0.2, 0.25) is 0 Å². The number of rotatable bonds is 7. The number of amides is 1. The van der Waals surface area contributed by atoms with E-state index in [-0.39, 0.29) is 11.9 Å². The summed E-state index contributed by atoms with van der Waals surface area (Å²) >= 11 is 0. The molecule has 2 N–H and O–H groups in total. The van der Waals surface area contributed by atoms with Crippen LogP contribution in [0.25, 0.3) is 0 Å². The number of hydrogen-bond donors (Lipinski definition) is 2. The highest BCUT2D eigenvalue weighted by atomic mass is 16.1. The Kier molecular flexibility index (Phi) is 6.25. The van der Waals surface area contributed by atoms with Crippen LogP contribution in [0.3, 0.4) is 0 Å². The molecule has 1 rings (SSSR count). The van der Waals surface area contributed by atoms with E-state index in [1.807, 2.05) is 25.3 Å². The first kappa shape index (κ1) is 13.6. The Balaban J connectivity index is 2.24. The Hall–Kier alpha value is -1.42. The van der Waals surface area contributed by atoms with E-state index in [1.54, 1.807) is 6.20 Å². The van der Waals surface area contributed by atoms with Crippen LogP contribution in [-0.2, 0) is 4.79 Å². The van der Waals surface area contributed by atoms with Gasteiger partial charge in [0.1, 0.15) is 0 Å². The lowest BCUT2D eigenvalue weighted by atomic mass is 10.1. The number of carbonyl (C=O) groups excluding carboxylic acids is 1. The molecule has 1 heterocycles. The van der Waals surface area contributed by atoms with Gasteiger partial charge in [0.25, 0.3) is 0 Å². The van der Waals surface area contributed by atoms with E-state index in [0.717, 1.165) is 24.9 Å². The fourth-order valence-electron chi connectivity index (χ4n) is 1.46. The zero-order valence-corrected chi connectivity index (χ0v) is 10.6. The number of nitrogens with one attached hydrogen (secondary N) is 2. The molecule has 0 fully saturated rings. The van der Waals surface area contributed by atoms with Crippen molar-refractivity contribution >= 4 is 5.91 Å². The quantitative estimate of drug-likeness (QED) is 0.707. The summed E-state index contributed by atoms with van der Waals surface area (Å²) in [7, 11) is 0. The highest BCUT2D eigenvalue weighted by Gasteiger charge is 2.06. The topological polar surface area (TPSA) is 54.0 Å². The molecule has 4 nitrogen and oxygen atoms in total. The van der Waals surface area contributed by atoms with Gasteiger partial charge in [-0.2, -0.15) is 0 Å². The third kappa shape index (κ3) is 5.45. The predicted octanol–water partition coefficient (Wildman–Crippen LogP) is 1.65. The number of aromatic nitrogens is 1. The van der Waals surface area contributed by atoms with E-state index < -0.39 is 0 Å². The van der Waals surface area contributed by atoms with Gasteiger partial charge in [-0.1, -0.05) is 19.4 Å². The molecule has 0 saturated heterocycles. The van der Waals surface area contributed by atoms with Crippen LogP contribution in [0, 0.1) is 0 Å². The summed E-state index contributed by atoms with van der Waals surface area (Å²) in [5.74, 6) is 0.0502. The molecule has 1 unspecified atom stereocenters. The Morgan fingerprint density at radius 2 is 2.35 bits per heavy atom. The average molecular weight is 235 g/mol. The lowest BCUT2D eigenvalue weighted by molar-refractivity contribution is -0.120. The van der Waals surface area contributed by atoms with Crippen LogP contribution in [0.1, 0.15) is 38.3 Å². The minimum atomic E-state index is 0.0502. The molecule has 4 heteroatoms. The first-order valence-electron chi connectivity index (χ1n) is 6.14. The molecule has 94 valence electrons. The van der Waals surface area contributed by atoms with E-state index in [1.165, 1.54) is 0 Å². The van der Waals surface area contributed by atoms with Crippen molar-refractivity contribution in [3.05, 3.63) is 30.1 Å². The number of carbonyl (C=O) groups is 1.